The molecule has 0 aliphatic carbocycles. The van der Waals surface area contributed by atoms with Crippen molar-refractivity contribution in [3.05, 3.63) is 39.7 Å². The molecular weight excluding hydrogens is 288 g/mol. The molecule has 116 valence electrons. The van der Waals surface area contributed by atoms with E-state index >= 15 is 0 Å². The first-order valence-electron chi connectivity index (χ1n) is 6.65. The number of hydrogen-bond donors (Lipinski definition) is 3. The minimum Gasteiger partial charge on any atom is -0.480 e. The normalized spacial score (nSPS) is 12.3. The lowest BCUT2D eigenvalue weighted by atomic mass is 9.99. The molecule has 0 radical (unpaired) electrons. The van der Waals surface area contributed by atoms with Crippen LogP contribution in [0.15, 0.2) is 27.4 Å². The molecule has 1 aromatic carbocycles. The summed E-state index contributed by atoms with van der Waals surface area (Å²) in [6.07, 6.45) is -0.188. The SMILES string of the molecule is Cc1c(C(=O)CC[C@H](N)C(=O)O)c(=O)oc2cc(N)ccc12. The molecule has 0 aliphatic heterocycles. The highest BCUT2D eigenvalue weighted by Crippen LogP contribution is 2.22. The van der Waals surface area contributed by atoms with Crippen molar-refractivity contribution in [2.75, 3.05) is 5.73 Å². The third kappa shape index (κ3) is 2.99. The quantitative estimate of drug-likeness (QED) is 0.426. The number of carboxylic acids is 1. The van der Waals surface area contributed by atoms with Crippen molar-refractivity contribution in [1.82, 2.24) is 0 Å². The van der Waals surface area contributed by atoms with Gasteiger partial charge in [-0.05, 0) is 31.0 Å². The lowest BCUT2D eigenvalue weighted by molar-refractivity contribution is -0.138. The van der Waals surface area contributed by atoms with Crippen LogP contribution in [0.2, 0.25) is 0 Å². The molecule has 1 aromatic heterocycles. The molecule has 0 spiro atoms. The number of carboxylic acid groups (broad SMARTS) is 1. The van der Waals surface area contributed by atoms with Gasteiger partial charge in [-0.1, -0.05) is 0 Å². The zero-order chi connectivity index (χ0) is 16.4. The standard InChI is InChI=1S/C15H16N2O5/c1-7-9-3-2-8(16)6-12(9)22-15(21)13(7)11(18)5-4-10(17)14(19)20/h2-3,6,10H,4-5,16-17H2,1H3,(H,19,20)/t10-/m0/s1. The van der Waals surface area contributed by atoms with E-state index in [1.54, 1.807) is 19.1 Å². The van der Waals surface area contributed by atoms with Crippen LogP contribution in [0.1, 0.15) is 28.8 Å². The molecule has 7 nitrogen and oxygen atoms in total. The third-order valence-corrected chi connectivity index (χ3v) is 3.47. The van der Waals surface area contributed by atoms with Crippen LogP contribution in [-0.4, -0.2) is 22.9 Å². The van der Waals surface area contributed by atoms with Gasteiger partial charge in [-0.15, -0.1) is 0 Å². The molecule has 1 heterocycles. The summed E-state index contributed by atoms with van der Waals surface area (Å²) in [4.78, 5) is 34.9. The average molecular weight is 304 g/mol. The lowest BCUT2D eigenvalue weighted by Gasteiger charge is -2.09. The number of benzene rings is 1. The molecular formula is C15H16N2O5. The van der Waals surface area contributed by atoms with Gasteiger partial charge in [0.2, 0.25) is 0 Å². The Balaban J connectivity index is 2.39. The maximum absolute atomic E-state index is 12.2. The molecule has 22 heavy (non-hydrogen) atoms. The highest BCUT2D eigenvalue weighted by atomic mass is 16.4. The second-order valence-corrected chi connectivity index (χ2v) is 5.05. The number of carbonyl (C=O) groups excluding carboxylic acids is 1. The molecule has 2 rings (SSSR count). The van der Waals surface area contributed by atoms with E-state index in [1.165, 1.54) is 6.07 Å². The Bertz CT molecular complexity index is 809. The van der Waals surface area contributed by atoms with E-state index in [2.05, 4.69) is 0 Å². The fraction of sp³-hybridized carbons (Fsp3) is 0.267. The Kier molecular flexibility index (Phi) is 4.27. The molecule has 0 saturated carbocycles. The van der Waals surface area contributed by atoms with Gasteiger partial charge in [0, 0.05) is 23.6 Å². The van der Waals surface area contributed by atoms with Crippen LogP contribution in [0.25, 0.3) is 11.0 Å². The number of hydrogen-bond acceptors (Lipinski definition) is 6. The number of anilines is 1. The number of aryl methyl sites for hydroxylation is 1. The topological polar surface area (TPSA) is 137 Å². The van der Waals surface area contributed by atoms with E-state index in [9.17, 15) is 14.4 Å². The van der Waals surface area contributed by atoms with Crippen LogP contribution in [0, 0.1) is 6.92 Å². The first-order chi connectivity index (χ1) is 10.3. The number of fused-ring (bicyclic) bond motifs is 1. The molecule has 1 atom stereocenters. The third-order valence-electron chi connectivity index (χ3n) is 3.47. The van der Waals surface area contributed by atoms with Crippen LogP contribution in [0.4, 0.5) is 5.69 Å². The van der Waals surface area contributed by atoms with Crippen LogP contribution in [0.5, 0.6) is 0 Å². The summed E-state index contributed by atoms with van der Waals surface area (Å²) < 4.78 is 5.13. The largest absolute Gasteiger partial charge is 0.480 e. The lowest BCUT2D eigenvalue weighted by Crippen LogP contribution is -2.31. The number of Topliss-reactive ketones (excluding diaryl/α,β-unsaturated/α-hetero) is 1. The van der Waals surface area contributed by atoms with Gasteiger partial charge in [0.15, 0.2) is 5.78 Å². The smallest absolute Gasteiger partial charge is 0.347 e. The van der Waals surface area contributed by atoms with Gasteiger partial charge in [0.1, 0.15) is 17.2 Å². The van der Waals surface area contributed by atoms with Gasteiger partial charge in [0.05, 0.1) is 0 Å². The highest BCUT2D eigenvalue weighted by Gasteiger charge is 2.20. The second kappa shape index (κ2) is 5.98. The van der Waals surface area contributed by atoms with E-state index in [4.69, 9.17) is 21.0 Å². The fourth-order valence-corrected chi connectivity index (χ4v) is 2.23. The first kappa shape index (κ1) is 15.7. The fourth-order valence-electron chi connectivity index (χ4n) is 2.23. The second-order valence-electron chi connectivity index (χ2n) is 5.05. The zero-order valence-corrected chi connectivity index (χ0v) is 12.0. The number of ketones is 1. The summed E-state index contributed by atoms with van der Waals surface area (Å²) in [7, 11) is 0. The van der Waals surface area contributed by atoms with Gasteiger partial charge in [-0.2, -0.15) is 0 Å². The molecule has 0 aliphatic rings. The number of aliphatic carboxylic acids is 1. The van der Waals surface area contributed by atoms with Crippen LogP contribution in [0.3, 0.4) is 0 Å². The van der Waals surface area contributed by atoms with E-state index in [0.717, 1.165) is 0 Å². The predicted octanol–water partition coefficient (Wildman–Crippen LogP) is 1.06. The molecule has 0 unspecified atom stereocenters. The van der Waals surface area contributed by atoms with Gasteiger partial charge in [0.25, 0.3) is 0 Å². The number of nitrogen functional groups attached to an aromatic ring is 1. The average Bonchev–Trinajstić information content (AvgIpc) is 2.43. The molecule has 7 heteroatoms. The summed E-state index contributed by atoms with van der Waals surface area (Å²) in [6, 6.07) is 3.68. The molecule has 5 N–H and O–H groups in total. The minimum atomic E-state index is -1.19. The maximum atomic E-state index is 12.2. The van der Waals surface area contributed by atoms with E-state index in [0.29, 0.717) is 22.2 Å². The van der Waals surface area contributed by atoms with E-state index in [-0.39, 0.29) is 18.4 Å². The van der Waals surface area contributed by atoms with Crippen molar-refractivity contribution in [2.24, 2.45) is 5.73 Å². The number of rotatable bonds is 5. The maximum Gasteiger partial charge on any atom is 0.347 e. The Hall–Kier alpha value is -2.67. The zero-order valence-electron chi connectivity index (χ0n) is 12.0. The summed E-state index contributed by atoms with van der Waals surface area (Å²) in [5.74, 6) is -1.67. The van der Waals surface area contributed by atoms with Gasteiger partial charge in [-0.3, -0.25) is 9.59 Å². The molecule has 0 fully saturated rings. The molecule has 0 amide bonds. The summed E-state index contributed by atoms with van der Waals surface area (Å²) in [6.45, 7) is 1.64. The van der Waals surface area contributed by atoms with Gasteiger partial charge < -0.3 is 21.0 Å². The van der Waals surface area contributed by atoms with Crippen molar-refractivity contribution in [3.63, 3.8) is 0 Å². The van der Waals surface area contributed by atoms with Crippen LogP contribution < -0.4 is 17.1 Å². The van der Waals surface area contributed by atoms with Crippen molar-refractivity contribution >= 4 is 28.4 Å². The number of carbonyl (C=O) groups is 2. The van der Waals surface area contributed by atoms with Crippen LogP contribution in [-0.2, 0) is 4.79 Å². The minimum absolute atomic E-state index is 0.0488. The van der Waals surface area contributed by atoms with E-state index in [1.807, 2.05) is 0 Å². The Morgan fingerprint density at radius 2 is 2.05 bits per heavy atom. The van der Waals surface area contributed by atoms with Crippen molar-refractivity contribution in [3.8, 4) is 0 Å². The molecule has 0 saturated heterocycles. The summed E-state index contributed by atoms with van der Waals surface area (Å²) in [5, 5.41) is 9.32. The van der Waals surface area contributed by atoms with Crippen molar-refractivity contribution in [2.45, 2.75) is 25.8 Å². The molecule has 0 bridgehead atoms. The van der Waals surface area contributed by atoms with Gasteiger partial charge in [-0.25, -0.2) is 4.79 Å². The summed E-state index contributed by atoms with van der Waals surface area (Å²) in [5.41, 5.74) is 11.4. The van der Waals surface area contributed by atoms with Crippen molar-refractivity contribution < 1.29 is 19.1 Å². The van der Waals surface area contributed by atoms with Crippen LogP contribution >= 0.6 is 0 Å². The highest BCUT2D eigenvalue weighted by molar-refractivity contribution is 6.01. The summed E-state index contributed by atoms with van der Waals surface area (Å²) >= 11 is 0. The first-order valence-corrected chi connectivity index (χ1v) is 6.65. The van der Waals surface area contributed by atoms with E-state index < -0.39 is 23.4 Å². The Morgan fingerprint density at radius 3 is 2.68 bits per heavy atom. The van der Waals surface area contributed by atoms with Crippen molar-refractivity contribution in [1.29, 1.82) is 0 Å². The monoisotopic (exact) mass is 304 g/mol. The Morgan fingerprint density at radius 1 is 1.36 bits per heavy atom. The Labute approximate surface area is 125 Å². The van der Waals surface area contributed by atoms with Gasteiger partial charge >= 0.3 is 11.6 Å². The number of nitrogens with two attached hydrogens (primary N) is 2. The predicted molar refractivity (Wildman–Crippen MR) is 80.8 cm³/mol. The molecule has 2 aromatic rings.